The molecule has 2 amide bonds. The maximum absolute atomic E-state index is 13.4. The van der Waals surface area contributed by atoms with Crippen LogP contribution < -0.4 is 33.6 Å². The minimum atomic E-state index is -4.52. The van der Waals surface area contributed by atoms with Crippen LogP contribution in [-0.2, 0) is 27.0 Å². The van der Waals surface area contributed by atoms with Crippen molar-refractivity contribution in [3.8, 4) is 0 Å². The number of pyridine rings is 1. The van der Waals surface area contributed by atoms with Crippen molar-refractivity contribution in [1.82, 2.24) is 10.3 Å². The summed E-state index contributed by atoms with van der Waals surface area (Å²) < 4.78 is 39.3. The molecule has 1 aromatic heterocycles. The van der Waals surface area contributed by atoms with E-state index >= 15 is 0 Å². The van der Waals surface area contributed by atoms with E-state index in [1.54, 1.807) is 6.07 Å². The number of rotatable bonds is 18. The molecular weight excluding hydrogens is 599 g/mol. The first kappa shape index (κ1) is 36.6. The molecule has 10 N–H and O–H groups in total. The molecule has 0 fully saturated rings. The highest BCUT2D eigenvalue weighted by atomic mass is 19.4. The molecule has 13 heteroatoms. The van der Waals surface area contributed by atoms with Crippen molar-refractivity contribution in [2.75, 3.05) is 25.0 Å². The second-order valence-electron chi connectivity index (χ2n) is 11.7. The summed E-state index contributed by atoms with van der Waals surface area (Å²) in [5.41, 5.74) is 24.0. The maximum atomic E-state index is 13.4. The van der Waals surface area contributed by atoms with Gasteiger partial charge in [0.25, 0.3) is 0 Å². The number of carbonyl (C=O) groups is 3. The lowest BCUT2D eigenvalue weighted by atomic mass is 9.74. The predicted molar refractivity (Wildman–Crippen MR) is 172 cm³/mol. The van der Waals surface area contributed by atoms with E-state index in [1.807, 2.05) is 24.3 Å². The molecule has 0 aliphatic carbocycles. The SMILES string of the molecule is NCCC(CCN)(CCN)CCCC(=O)C[C@H](N)C(=O)N[C@@H](Cc1ccc(C(F)(F)F)cc1)C(=O)Nc1cnc2ccccc2c1. The molecule has 0 aliphatic rings. The zero-order chi connectivity index (χ0) is 33.7. The summed E-state index contributed by atoms with van der Waals surface area (Å²) in [6.07, 6.45) is 0.288. The van der Waals surface area contributed by atoms with Crippen molar-refractivity contribution < 1.29 is 27.6 Å². The first-order valence-corrected chi connectivity index (χ1v) is 15.4. The molecule has 250 valence electrons. The molecule has 2 atom stereocenters. The minimum Gasteiger partial charge on any atom is -0.343 e. The number of nitrogens with two attached hydrogens (primary N) is 4. The van der Waals surface area contributed by atoms with E-state index in [2.05, 4.69) is 15.6 Å². The number of amides is 2. The molecule has 0 saturated heterocycles. The Hall–Kier alpha value is -3.91. The van der Waals surface area contributed by atoms with Crippen LogP contribution in [0.3, 0.4) is 0 Å². The van der Waals surface area contributed by atoms with Crippen LogP contribution in [0.2, 0.25) is 0 Å². The van der Waals surface area contributed by atoms with Crippen molar-refractivity contribution in [3.05, 3.63) is 71.9 Å². The zero-order valence-corrected chi connectivity index (χ0v) is 25.8. The largest absolute Gasteiger partial charge is 0.416 e. The second kappa shape index (κ2) is 17.1. The molecule has 0 saturated carbocycles. The van der Waals surface area contributed by atoms with Gasteiger partial charge in [-0.15, -0.1) is 0 Å². The van der Waals surface area contributed by atoms with Gasteiger partial charge in [-0.3, -0.25) is 19.4 Å². The number of carbonyl (C=O) groups excluding carboxylic acids is 3. The fourth-order valence-corrected chi connectivity index (χ4v) is 5.69. The smallest absolute Gasteiger partial charge is 0.343 e. The van der Waals surface area contributed by atoms with Crippen LogP contribution in [0.25, 0.3) is 10.9 Å². The molecule has 0 bridgehead atoms. The van der Waals surface area contributed by atoms with E-state index in [0.717, 1.165) is 42.3 Å². The van der Waals surface area contributed by atoms with Gasteiger partial charge in [0.2, 0.25) is 11.8 Å². The Kier molecular flexibility index (Phi) is 13.6. The van der Waals surface area contributed by atoms with Crippen LogP contribution >= 0.6 is 0 Å². The topological polar surface area (TPSA) is 192 Å². The number of anilines is 1. The lowest BCUT2D eigenvalue weighted by molar-refractivity contribution is -0.137. The fraction of sp³-hybridized carbons (Fsp3) is 0.455. The summed E-state index contributed by atoms with van der Waals surface area (Å²) in [5, 5.41) is 6.08. The standard InChI is InChI=1S/C33H44F3N7O3/c34-33(35,36)24-9-7-22(8-10-24)18-29(31(46)42-25-19-23-4-1-2-6-28(23)41-21-25)43-30(45)27(40)20-26(44)5-3-11-32(12-15-37,13-16-38)14-17-39/h1-2,4,6-10,19,21,27,29H,3,5,11-18,20,37-40H2,(H,42,46)(H,43,45)/t27-,29-/m0/s1. The van der Waals surface area contributed by atoms with Crippen molar-refractivity contribution in [2.24, 2.45) is 28.3 Å². The van der Waals surface area contributed by atoms with E-state index in [1.165, 1.54) is 18.3 Å². The Balaban J connectivity index is 1.68. The van der Waals surface area contributed by atoms with E-state index in [0.29, 0.717) is 43.7 Å². The van der Waals surface area contributed by atoms with E-state index in [4.69, 9.17) is 22.9 Å². The summed E-state index contributed by atoms with van der Waals surface area (Å²) in [5.74, 6) is -1.57. The highest BCUT2D eigenvalue weighted by Gasteiger charge is 2.31. The van der Waals surface area contributed by atoms with Gasteiger partial charge in [-0.2, -0.15) is 13.2 Å². The Bertz CT molecular complexity index is 1430. The van der Waals surface area contributed by atoms with Crippen LogP contribution in [0.4, 0.5) is 18.9 Å². The Morgan fingerprint density at radius 3 is 2.09 bits per heavy atom. The molecule has 0 radical (unpaired) electrons. The van der Waals surface area contributed by atoms with Gasteiger partial charge in [0.1, 0.15) is 11.8 Å². The lowest BCUT2D eigenvalue weighted by Crippen LogP contribution is -2.51. The number of ketones is 1. The summed E-state index contributed by atoms with van der Waals surface area (Å²) in [6.45, 7) is 1.45. The number of Topliss-reactive ketones (excluding diaryl/α,β-unsaturated/α-hetero) is 1. The van der Waals surface area contributed by atoms with Gasteiger partial charge < -0.3 is 33.6 Å². The zero-order valence-electron chi connectivity index (χ0n) is 25.8. The number of nitrogens with one attached hydrogen (secondary N) is 2. The van der Waals surface area contributed by atoms with Crippen LogP contribution in [0.5, 0.6) is 0 Å². The Labute approximate surface area is 266 Å². The van der Waals surface area contributed by atoms with E-state index in [9.17, 15) is 27.6 Å². The average molecular weight is 644 g/mol. The molecule has 2 aromatic carbocycles. The van der Waals surface area contributed by atoms with Crippen LogP contribution in [-0.4, -0.2) is 54.3 Å². The summed E-state index contributed by atoms with van der Waals surface area (Å²) in [4.78, 5) is 43.6. The van der Waals surface area contributed by atoms with Gasteiger partial charge in [0.15, 0.2) is 0 Å². The summed E-state index contributed by atoms with van der Waals surface area (Å²) >= 11 is 0. The predicted octanol–water partition coefficient (Wildman–Crippen LogP) is 3.41. The number of nitrogens with zero attached hydrogens (tertiary/aromatic N) is 1. The van der Waals surface area contributed by atoms with Crippen LogP contribution in [0.1, 0.15) is 56.1 Å². The highest BCUT2D eigenvalue weighted by Crippen LogP contribution is 2.35. The third-order valence-corrected chi connectivity index (χ3v) is 8.18. The number of benzene rings is 2. The Morgan fingerprint density at radius 1 is 0.848 bits per heavy atom. The first-order chi connectivity index (χ1) is 21.9. The van der Waals surface area contributed by atoms with Crippen LogP contribution in [0, 0.1) is 5.41 Å². The molecule has 1 heterocycles. The number of aromatic nitrogens is 1. The minimum absolute atomic E-state index is 0.122. The fourth-order valence-electron chi connectivity index (χ4n) is 5.69. The second-order valence-corrected chi connectivity index (χ2v) is 11.7. The van der Waals surface area contributed by atoms with Gasteiger partial charge in [-0.25, -0.2) is 0 Å². The number of alkyl halides is 3. The van der Waals surface area contributed by atoms with Crippen molar-refractivity contribution in [2.45, 2.75) is 69.6 Å². The van der Waals surface area contributed by atoms with E-state index < -0.39 is 35.6 Å². The normalized spacial score (nSPS) is 13.3. The molecule has 3 aromatic rings. The molecule has 0 unspecified atom stereocenters. The molecule has 0 spiro atoms. The number of fused-ring (bicyclic) bond motifs is 1. The first-order valence-electron chi connectivity index (χ1n) is 15.4. The summed E-state index contributed by atoms with van der Waals surface area (Å²) in [7, 11) is 0. The number of hydrogen-bond donors (Lipinski definition) is 6. The van der Waals surface area contributed by atoms with Crippen molar-refractivity contribution >= 4 is 34.2 Å². The third-order valence-electron chi connectivity index (χ3n) is 8.18. The Morgan fingerprint density at radius 2 is 1.48 bits per heavy atom. The van der Waals surface area contributed by atoms with Gasteiger partial charge in [0.05, 0.1) is 29.0 Å². The van der Waals surface area contributed by atoms with Gasteiger partial charge in [-0.1, -0.05) is 30.3 Å². The lowest BCUT2D eigenvalue weighted by Gasteiger charge is -2.33. The molecule has 0 aliphatic heterocycles. The average Bonchev–Trinajstić information content (AvgIpc) is 3.00. The van der Waals surface area contributed by atoms with Crippen LogP contribution in [0.15, 0.2) is 60.8 Å². The molecular formula is C33H44F3N7O3. The third kappa shape index (κ3) is 10.9. The molecule has 10 nitrogen and oxygen atoms in total. The monoisotopic (exact) mass is 643 g/mol. The van der Waals surface area contributed by atoms with Gasteiger partial charge >= 0.3 is 6.18 Å². The number of para-hydroxylation sites is 1. The summed E-state index contributed by atoms with van der Waals surface area (Å²) in [6, 6.07) is 10.9. The van der Waals surface area contributed by atoms with Gasteiger partial charge in [0, 0.05) is 24.6 Å². The van der Waals surface area contributed by atoms with Crippen molar-refractivity contribution in [1.29, 1.82) is 0 Å². The van der Waals surface area contributed by atoms with Crippen molar-refractivity contribution in [3.63, 3.8) is 0 Å². The maximum Gasteiger partial charge on any atom is 0.416 e. The molecule has 46 heavy (non-hydrogen) atoms. The molecule has 3 rings (SSSR count). The van der Waals surface area contributed by atoms with E-state index in [-0.39, 0.29) is 30.5 Å². The highest BCUT2D eigenvalue weighted by molar-refractivity contribution is 5.99. The number of hydrogen-bond acceptors (Lipinski definition) is 8. The number of halogens is 3. The quantitative estimate of drug-likeness (QED) is 0.121. The van der Waals surface area contributed by atoms with Gasteiger partial charge in [-0.05, 0) is 87.0 Å².